The first-order valence-electron chi connectivity index (χ1n) is 14.4. The van der Waals surface area contributed by atoms with Gasteiger partial charge in [0.2, 0.25) is 11.8 Å². The quantitative estimate of drug-likeness (QED) is 0.236. The molecule has 3 aromatic rings. The second kappa shape index (κ2) is 13.7. The number of hydrogen-bond donors (Lipinski definition) is 2. The molecule has 5 rings (SSSR count). The van der Waals surface area contributed by atoms with E-state index in [9.17, 15) is 9.59 Å². The molecule has 0 aromatic heterocycles. The maximum Gasteiger partial charge on any atom is 0.232 e. The first-order valence-corrected chi connectivity index (χ1v) is 15.1. The normalized spacial score (nSPS) is 16.2. The molecule has 1 saturated heterocycles. The lowest BCUT2D eigenvalue weighted by Crippen LogP contribution is -2.36. The summed E-state index contributed by atoms with van der Waals surface area (Å²) in [5.41, 5.74) is 4.03. The van der Waals surface area contributed by atoms with E-state index in [4.69, 9.17) is 23.2 Å². The standard InChI is InChI=1S/C33H37Cl2N3O2/c34-28-11-7-25(8-12-28)32(26-9-13-29(35)14-10-26)33(40)36-17-2-18-38-19-15-24(16-20-38)27-3-1-4-30(22-27)37-31(39)21-23-5-6-23/h1,3-4,7-14,22-24,32H,2,5-6,15-21H2,(H,36,40)(H,37,39). The van der Waals surface area contributed by atoms with Crippen molar-refractivity contribution in [2.45, 2.75) is 50.4 Å². The number of benzene rings is 3. The molecular formula is C33H37Cl2N3O2. The van der Waals surface area contributed by atoms with Gasteiger partial charge in [-0.3, -0.25) is 9.59 Å². The third-order valence-electron chi connectivity index (χ3n) is 8.02. The van der Waals surface area contributed by atoms with Gasteiger partial charge >= 0.3 is 0 Å². The van der Waals surface area contributed by atoms with Gasteiger partial charge in [-0.05, 0) is 117 Å². The number of carbonyl (C=O) groups excluding carboxylic acids is 2. The first kappa shape index (κ1) is 28.7. The molecule has 2 amide bonds. The van der Waals surface area contributed by atoms with Crippen molar-refractivity contribution in [2.75, 3.05) is 31.5 Å². The van der Waals surface area contributed by atoms with E-state index < -0.39 is 5.92 Å². The van der Waals surface area contributed by atoms with E-state index in [-0.39, 0.29) is 11.8 Å². The van der Waals surface area contributed by atoms with Crippen LogP contribution in [-0.4, -0.2) is 42.9 Å². The molecule has 0 atom stereocenters. The van der Waals surface area contributed by atoms with Crippen molar-refractivity contribution < 1.29 is 9.59 Å². The monoisotopic (exact) mass is 577 g/mol. The average molecular weight is 579 g/mol. The van der Waals surface area contributed by atoms with Crippen molar-refractivity contribution >= 4 is 40.7 Å². The molecule has 0 bridgehead atoms. The molecule has 1 aliphatic heterocycles. The van der Waals surface area contributed by atoms with Crippen LogP contribution in [0, 0.1) is 5.92 Å². The molecule has 2 aliphatic rings. The highest BCUT2D eigenvalue weighted by atomic mass is 35.5. The topological polar surface area (TPSA) is 61.4 Å². The van der Waals surface area contributed by atoms with Crippen LogP contribution in [0.3, 0.4) is 0 Å². The van der Waals surface area contributed by atoms with Gasteiger partial charge in [0, 0.05) is 28.7 Å². The van der Waals surface area contributed by atoms with Gasteiger partial charge in [0.15, 0.2) is 0 Å². The molecule has 0 radical (unpaired) electrons. The van der Waals surface area contributed by atoms with Crippen LogP contribution in [0.5, 0.6) is 0 Å². The fourth-order valence-electron chi connectivity index (χ4n) is 5.58. The first-order chi connectivity index (χ1) is 19.4. The Bertz CT molecular complexity index is 1240. The zero-order valence-electron chi connectivity index (χ0n) is 22.8. The van der Waals surface area contributed by atoms with E-state index in [1.165, 1.54) is 18.4 Å². The maximum absolute atomic E-state index is 13.3. The Hall–Kier alpha value is -2.86. The lowest BCUT2D eigenvalue weighted by Gasteiger charge is -2.32. The summed E-state index contributed by atoms with van der Waals surface area (Å²) in [7, 11) is 0. The molecule has 2 fully saturated rings. The number of nitrogens with zero attached hydrogens (tertiary/aromatic N) is 1. The number of hydrogen-bond acceptors (Lipinski definition) is 3. The van der Waals surface area contributed by atoms with E-state index >= 15 is 0 Å². The molecule has 2 N–H and O–H groups in total. The van der Waals surface area contributed by atoms with Gasteiger partial charge in [-0.1, -0.05) is 59.6 Å². The van der Waals surface area contributed by atoms with Crippen molar-refractivity contribution in [1.29, 1.82) is 0 Å². The summed E-state index contributed by atoms with van der Waals surface area (Å²) in [6.45, 7) is 3.65. The van der Waals surface area contributed by atoms with Crippen LogP contribution in [0.15, 0.2) is 72.8 Å². The summed E-state index contributed by atoms with van der Waals surface area (Å²) in [5.74, 6) is 0.797. The maximum atomic E-state index is 13.3. The van der Waals surface area contributed by atoms with Crippen LogP contribution >= 0.6 is 23.2 Å². The Morgan fingerprint density at radius 2 is 1.48 bits per heavy atom. The predicted molar refractivity (Wildman–Crippen MR) is 163 cm³/mol. The highest BCUT2D eigenvalue weighted by Crippen LogP contribution is 2.33. The Kier molecular flexibility index (Phi) is 9.79. The molecule has 1 aliphatic carbocycles. The largest absolute Gasteiger partial charge is 0.355 e. The van der Waals surface area contributed by atoms with Gasteiger partial charge in [-0.2, -0.15) is 0 Å². The lowest BCUT2D eigenvalue weighted by molar-refractivity contribution is -0.121. The van der Waals surface area contributed by atoms with Gasteiger partial charge in [0.1, 0.15) is 0 Å². The van der Waals surface area contributed by atoms with Crippen LogP contribution in [0.1, 0.15) is 67.1 Å². The van der Waals surface area contributed by atoms with Crippen molar-refractivity contribution in [2.24, 2.45) is 5.92 Å². The third-order valence-corrected chi connectivity index (χ3v) is 8.52. The molecule has 210 valence electrons. The molecule has 40 heavy (non-hydrogen) atoms. The number of rotatable bonds is 11. The van der Waals surface area contributed by atoms with Crippen molar-refractivity contribution in [1.82, 2.24) is 10.2 Å². The Balaban J connectivity index is 1.07. The molecule has 0 unspecified atom stereocenters. The summed E-state index contributed by atoms with van der Waals surface area (Å²) < 4.78 is 0. The number of amides is 2. The highest BCUT2D eigenvalue weighted by molar-refractivity contribution is 6.30. The zero-order chi connectivity index (χ0) is 27.9. The fourth-order valence-corrected chi connectivity index (χ4v) is 5.83. The van der Waals surface area contributed by atoms with Gasteiger partial charge in [0.05, 0.1) is 5.92 Å². The highest BCUT2D eigenvalue weighted by Gasteiger charge is 2.25. The zero-order valence-corrected chi connectivity index (χ0v) is 24.3. The number of carbonyl (C=O) groups is 2. The molecule has 3 aromatic carbocycles. The summed E-state index contributed by atoms with van der Waals surface area (Å²) in [4.78, 5) is 28.0. The van der Waals surface area contributed by atoms with Gasteiger partial charge in [-0.25, -0.2) is 0 Å². The molecule has 1 saturated carbocycles. The number of anilines is 1. The van der Waals surface area contributed by atoms with Crippen molar-refractivity contribution in [3.63, 3.8) is 0 Å². The van der Waals surface area contributed by atoms with E-state index in [0.29, 0.717) is 34.8 Å². The average Bonchev–Trinajstić information content (AvgIpc) is 3.78. The molecule has 5 nitrogen and oxygen atoms in total. The van der Waals surface area contributed by atoms with Gasteiger partial charge in [0.25, 0.3) is 0 Å². The summed E-state index contributed by atoms with van der Waals surface area (Å²) in [6.07, 6.45) is 6.11. The third kappa shape index (κ3) is 8.09. The molecule has 7 heteroatoms. The second-order valence-electron chi connectivity index (χ2n) is 11.1. The summed E-state index contributed by atoms with van der Waals surface area (Å²) in [5, 5.41) is 7.53. The van der Waals surface area contributed by atoms with Gasteiger partial charge < -0.3 is 15.5 Å². The minimum atomic E-state index is -0.417. The van der Waals surface area contributed by atoms with E-state index in [2.05, 4.69) is 33.7 Å². The number of piperidine rings is 1. The summed E-state index contributed by atoms with van der Waals surface area (Å²) >= 11 is 12.2. The summed E-state index contributed by atoms with van der Waals surface area (Å²) in [6, 6.07) is 23.3. The Morgan fingerprint density at radius 1 is 0.850 bits per heavy atom. The predicted octanol–water partition coefficient (Wildman–Crippen LogP) is 7.25. The van der Waals surface area contributed by atoms with Crippen molar-refractivity contribution in [3.8, 4) is 0 Å². The van der Waals surface area contributed by atoms with Crippen LogP contribution in [0.25, 0.3) is 0 Å². The minimum absolute atomic E-state index is 0.0209. The fraction of sp³-hybridized carbons (Fsp3) is 0.394. The molecule has 0 spiro atoms. The SMILES string of the molecule is O=C(CC1CC1)Nc1cccc(C2CCN(CCCNC(=O)C(c3ccc(Cl)cc3)c3ccc(Cl)cc3)CC2)c1. The van der Waals surface area contributed by atoms with Gasteiger partial charge in [-0.15, -0.1) is 0 Å². The van der Waals surface area contributed by atoms with Crippen LogP contribution < -0.4 is 10.6 Å². The molecule has 1 heterocycles. The van der Waals surface area contributed by atoms with E-state index in [1.807, 2.05) is 54.6 Å². The van der Waals surface area contributed by atoms with E-state index in [1.54, 1.807) is 0 Å². The lowest BCUT2D eigenvalue weighted by atomic mass is 9.89. The second-order valence-corrected chi connectivity index (χ2v) is 12.0. The smallest absolute Gasteiger partial charge is 0.232 e. The number of likely N-dealkylation sites (tertiary alicyclic amines) is 1. The Labute approximate surface area is 247 Å². The van der Waals surface area contributed by atoms with Crippen LogP contribution in [-0.2, 0) is 9.59 Å². The number of nitrogens with one attached hydrogen (secondary N) is 2. The Morgan fingerprint density at radius 3 is 2.08 bits per heavy atom. The van der Waals surface area contributed by atoms with Crippen LogP contribution in [0.2, 0.25) is 10.0 Å². The van der Waals surface area contributed by atoms with E-state index in [0.717, 1.165) is 55.7 Å². The minimum Gasteiger partial charge on any atom is -0.355 e. The van der Waals surface area contributed by atoms with Crippen LogP contribution in [0.4, 0.5) is 5.69 Å². The number of halogens is 2. The van der Waals surface area contributed by atoms with Crippen molar-refractivity contribution in [3.05, 3.63) is 99.5 Å². The molecular weight excluding hydrogens is 541 g/mol.